The second-order valence-electron chi connectivity index (χ2n) is 5.51. The Morgan fingerprint density at radius 3 is 2.62 bits per heavy atom. The number of benzene rings is 1. The van der Waals surface area contributed by atoms with Crippen LogP contribution in [0.5, 0.6) is 0 Å². The summed E-state index contributed by atoms with van der Waals surface area (Å²) in [5.74, 6) is 1.27. The number of thioether (sulfide) groups is 1. The van der Waals surface area contributed by atoms with Gasteiger partial charge in [-0.25, -0.2) is 0 Å². The topological polar surface area (TPSA) is 29.5 Å². The zero-order chi connectivity index (χ0) is 14.9. The summed E-state index contributed by atoms with van der Waals surface area (Å²) >= 11 is 1.93. The molecule has 1 fully saturated rings. The lowest BCUT2D eigenvalue weighted by molar-refractivity contribution is -0.147. The molecule has 0 bridgehead atoms. The number of unbranched alkanes of at least 4 members (excludes halogenated alkanes) is 1. The third-order valence-electron chi connectivity index (χ3n) is 4.00. The maximum Gasteiger partial charge on any atom is 0.308 e. The summed E-state index contributed by atoms with van der Waals surface area (Å²) in [4.78, 5) is 15.3. The molecule has 1 aliphatic rings. The molecule has 2 rings (SSSR count). The third-order valence-corrected chi connectivity index (χ3v) is 5.10. The summed E-state index contributed by atoms with van der Waals surface area (Å²) < 4.78 is 4.82. The summed E-state index contributed by atoms with van der Waals surface area (Å²) in [6, 6.07) is 10.6. The first-order valence-corrected chi connectivity index (χ1v) is 8.76. The van der Waals surface area contributed by atoms with Crippen molar-refractivity contribution in [3.05, 3.63) is 30.3 Å². The van der Waals surface area contributed by atoms with Crippen molar-refractivity contribution in [3.63, 3.8) is 0 Å². The number of ether oxygens (including phenoxy) is 1. The van der Waals surface area contributed by atoms with Gasteiger partial charge in [0.1, 0.15) is 0 Å². The zero-order valence-electron chi connectivity index (χ0n) is 12.8. The van der Waals surface area contributed by atoms with Crippen molar-refractivity contribution in [2.24, 2.45) is 5.92 Å². The van der Waals surface area contributed by atoms with E-state index in [0.29, 0.717) is 0 Å². The summed E-state index contributed by atoms with van der Waals surface area (Å²) in [6.07, 6.45) is 4.39. The molecule has 116 valence electrons. The fourth-order valence-corrected chi connectivity index (χ4v) is 3.64. The Labute approximate surface area is 132 Å². The number of piperidine rings is 1. The number of carbonyl (C=O) groups is 1. The molecule has 0 atom stereocenters. The van der Waals surface area contributed by atoms with Crippen LogP contribution < -0.4 is 0 Å². The lowest BCUT2D eigenvalue weighted by Crippen LogP contribution is -2.37. The zero-order valence-corrected chi connectivity index (χ0v) is 13.6. The molecule has 0 spiro atoms. The summed E-state index contributed by atoms with van der Waals surface area (Å²) in [6.45, 7) is 3.22. The number of carbonyl (C=O) groups excluding carboxylic acids is 1. The van der Waals surface area contributed by atoms with Crippen LogP contribution in [-0.4, -0.2) is 43.4 Å². The van der Waals surface area contributed by atoms with Crippen LogP contribution in [0, 0.1) is 5.92 Å². The average Bonchev–Trinajstić information content (AvgIpc) is 2.55. The third kappa shape index (κ3) is 5.71. The highest BCUT2D eigenvalue weighted by atomic mass is 32.2. The molecule has 4 heteroatoms. The smallest absolute Gasteiger partial charge is 0.308 e. The minimum absolute atomic E-state index is 0.0334. The highest BCUT2D eigenvalue weighted by Gasteiger charge is 2.24. The van der Waals surface area contributed by atoms with E-state index in [2.05, 4.69) is 35.2 Å². The average molecular weight is 307 g/mol. The van der Waals surface area contributed by atoms with E-state index in [9.17, 15) is 4.79 Å². The maximum absolute atomic E-state index is 11.5. The Kier molecular flexibility index (Phi) is 7.10. The van der Waals surface area contributed by atoms with E-state index in [-0.39, 0.29) is 11.9 Å². The molecule has 0 radical (unpaired) electrons. The number of methoxy groups -OCH3 is 1. The lowest BCUT2D eigenvalue weighted by atomic mass is 9.97. The molecule has 1 aromatic rings. The first-order valence-electron chi connectivity index (χ1n) is 7.77. The SMILES string of the molecule is COC(=O)C1CCN(CCCCSc2ccccc2)CC1. The van der Waals surface area contributed by atoms with Crippen molar-refractivity contribution in [1.82, 2.24) is 4.90 Å². The van der Waals surface area contributed by atoms with Crippen LogP contribution in [0.4, 0.5) is 0 Å². The van der Waals surface area contributed by atoms with Crippen LogP contribution >= 0.6 is 11.8 Å². The number of esters is 1. The van der Waals surface area contributed by atoms with E-state index in [1.54, 1.807) is 0 Å². The van der Waals surface area contributed by atoms with Crippen LogP contribution in [0.1, 0.15) is 25.7 Å². The van der Waals surface area contributed by atoms with Crippen LogP contribution in [0.25, 0.3) is 0 Å². The number of rotatable bonds is 7. The summed E-state index contributed by atoms with van der Waals surface area (Å²) in [5.41, 5.74) is 0. The molecule has 21 heavy (non-hydrogen) atoms. The van der Waals surface area contributed by atoms with E-state index in [1.165, 1.54) is 30.6 Å². The quantitative estimate of drug-likeness (QED) is 0.438. The normalized spacial score (nSPS) is 16.8. The first-order chi connectivity index (χ1) is 10.3. The van der Waals surface area contributed by atoms with Gasteiger partial charge in [0.05, 0.1) is 13.0 Å². The predicted molar refractivity (Wildman–Crippen MR) is 87.6 cm³/mol. The highest BCUT2D eigenvalue weighted by molar-refractivity contribution is 7.99. The van der Waals surface area contributed by atoms with E-state index in [1.807, 2.05) is 11.8 Å². The summed E-state index contributed by atoms with van der Waals surface area (Å²) in [7, 11) is 1.49. The molecule has 1 saturated heterocycles. The number of hydrogen-bond acceptors (Lipinski definition) is 4. The molecule has 1 heterocycles. The molecule has 0 aromatic heterocycles. The maximum atomic E-state index is 11.5. The molecule has 0 saturated carbocycles. The van der Waals surface area contributed by atoms with E-state index < -0.39 is 0 Å². The fraction of sp³-hybridized carbons (Fsp3) is 0.588. The second kappa shape index (κ2) is 9.11. The van der Waals surface area contributed by atoms with Gasteiger partial charge in [-0.3, -0.25) is 4.79 Å². The van der Waals surface area contributed by atoms with Gasteiger partial charge in [0, 0.05) is 4.90 Å². The minimum atomic E-state index is -0.0334. The predicted octanol–water partition coefficient (Wildman–Crippen LogP) is 3.44. The van der Waals surface area contributed by atoms with Gasteiger partial charge in [-0.05, 0) is 63.2 Å². The lowest BCUT2D eigenvalue weighted by Gasteiger charge is -2.30. The first kappa shape index (κ1) is 16.4. The van der Waals surface area contributed by atoms with E-state index in [0.717, 1.165) is 32.5 Å². The Morgan fingerprint density at radius 2 is 1.95 bits per heavy atom. The van der Waals surface area contributed by atoms with Gasteiger partial charge < -0.3 is 9.64 Å². The van der Waals surface area contributed by atoms with E-state index >= 15 is 0 Å². The molecule has 3 nitrogen and oxygen atoms in total. The van der Waals surface area contributed by atoms with Gasteiger partial charge in [-0.2, -0.15) is 0 Å². The van der Waals surface area contributed by atoms with Crippen molar-refractivity contribution in [2.45, 2.75) is 30.6 Å². The van der Waals surface area contributed by atoms with Crippen LogP contribution in [0.2, 0.25) is 0 Å². The number of hydrogen-bond donors (Lipinski definition) is 0. The highest BCUT2D eigenvalue weighted by Crippen LogP contribution is 2.20. The van der Waals surface area contributed by atoms with Crippen molar-refractivity contribution in [1.29, 1.82) is 0 Å². The Bertz CT molecular complexity index is 416. The molecule has 0 amide bonds. The monoisotopic (exact) mass is 307 g/mol. The van der Waals surface area contributed by atoms with Gasteiger partial charge in [-0.1, -0.05) is 18.2 Å². The van der Waals surface area contributed by atoms with Crippen LogP contribution in [0.3, 0.4) is 0 Å². The van der Waals surface area contributed by atoms with Gasteiger partial charge in [0.15, 0.2) is 0 Å². The molecule has 1 aromatic carbocycles. The Morgan fingerprint density at radius 1 is 1.24 bits per heavy atom. The van der Waals surface area contributed by atoms with Crippen LogP contribution in [0.15, 0.2) is 35.2 Å². The number of nitrogens with zero attached hydrogens (tertiary/aromatic N) is 1. The van der Waals surface area contributed by atoms with Gasteiger partial charge >= 0.3 is 5.97 Å². The molecule has 0 aliphatic carbocycles. The van der Waals surface area contributed by atoms with Gasteiger partial charge in [-0.15, -0.1) is 11.8 Å². The van der Waals surface area contributed by atoms with Gasteiger partial charge in [0.2, 0.25) is 0 Å². The standard InChI is InChI=1S/C17H25NO2S/c1-20-17(19)15-9-12-18(13-10-15)11-5-6-14-21-16-7-3-2-4-8-16/h2-4,7-8,15H,5-6,9-14H2,1H3. The molecular weight excluding hydrogens is 282 g/mol. The molecule has 0 N–H and O–H groups in total. The second-order valence-corrected chi connectivity index (χ2v) is 6.68. The van der Waals surface area contributed by atoms with Crippen molar-refractivity contribution >= 4 is 17.7 Å². The molecule has 0 unspecified atom stereocenters. The fourth-order valence-electron chi connectivity index (χ4n) is 2.70. The minimum Gasteiger partial charge on any atom is -0.469 e. The Balaban J connectivity index is 1.53. The number of likely N-dealkylation sites (tertiary alicyclic amines) is 1. The van der Waals surface area contributed by atoms with Crippen molar-refractivity contribution in [2.75, 3.05) is 32.5 Å². The van der Waals surface area contributed by atoms with Crippen molar-refractivity contribution < 1.29 is 9.53 Å². The van der Waals surface area contributed by atoms with Crippen LogP contribution in [-0.2, 0) is 9.53 Å². The largest absolute Gasteiger partial charge is 0.469 e. The summed E-state index contributed by atoms with van der Waals surface area (Å²) in [5, 5.41) is 0. The van der Waals surface area contributed by atoms with Gasteiger partial charge in [0.25, 0.3) is 0 Å². The molecular formula is C17H25NO2S. The van der Waals surface area contributed by atoms with E-state index in [4.69, 9.17) is 4.74 Å². The Hall–Kier alpha value is -1.00. The molecule has 1 aliphatic heterocycles. The van der Waals surface area contributed by atoms with Crippen molar-refractivity contribution in [3.8, 4) is 0 Å².